The topological polar surface area (TPSA) is 530 Å². The monoisotopic (exact) mass is 799 g/mol. The molecule has 0 aliphatic rings. The fraction of sp³-hybridized carbons (Fsp3) is 0. The Morgan fingerprint density at radius 1 is 0.257 bits per heavy atom. The van der Waals surface area contributed by atoms with Crippen molar-refractivity contribution >= 4 is 23.1 Å². The van der Waals surface area contributed by atoms with Crippen molar-refractivity contribution in [3.63, 3.8) is 0 Å². The van der Waals surface area contributed by atoms with Gasteiger partial charge in [0.25, 0.3) is 0 Å². The maximum Gasteiger partial charge on any atom is 3.00 e. The Morgan fingerprint density at radius 2 is 0.257 bits per heavy atom. The normalized spacial score (nSPS) is 5.49. The first-order chi connectivity index (χ1) is 13.9. The average Bonchev–Trinajstić information content (AvgIpc) is 2.30. The Bertz CT molecular complexity index is 374. The van der Waals surface area contributed by atoms with Gasteiger partial charge < -0.3 is 123 Å². The fourth-order valence-electron chi connectivity index (χ4n) is 0. The summed E-state index contributed by atoms with van der Waals surface area (Å²) < 4.78 is 0. The van der Waals surface area contributed by atoms with Crippen molar-refractivity contribution in [1.29, 1.82) is 0 Å². The summed E-state index contributed by atoms with van der Waals surface area (Å²) >= 11 is 0. The molecule has 0 aromatic heterocycles. The van der Waals surface area contributed by atoms with Crippen LogP contribution in [0.5, 0.6) is 0 Å². The van der Waals surface area contributed by atoms with Gasteiger partial charge in [-0.05, 0) is 0 Å². The number of nitrogens with zero attached hydrogens (tertiary/aromatic N) is 8. The smallest absolute Gasteiger partial charge is 0.356 e. The maximum absolute atomic E-state index is 8.25. The minimum atomic E-state index is -1.75. The van der Waals surface area contributed by atoms with E-state index < -0.39 is 40.7 Å². The van der Waals surface area contributed by atoms with Gasteiger partial charge in [-0.25, -0.2) is 0 Å². The van der Waals surface area contributed by atoms with Crippen LogP contribution in [0.25, 0.3) is 0 Å². The summed E-state index contributed by atoms with van der Waals surface area (Å²) in [7, 11) is 0. The van der Waals surface area contributed by atoms with E-state index in [0.717, 1.165) is 0 Å². The quantitative estimate of drug-likeness (QED) is 0.141. The van der Waals surface area contributed by atoms with E-state index in [9.17, 15) is 0 Å². The molecule has 0 heterocycles. The van der Waals surface area contributed by atoms with Crippen LogP contribution in [-0.2, 0) is 0 Å². The zero-order valence-electron chi connectivity index (χ0n) is 15.2. The predicted molar refractivity (Wildman–Crippen MR) is 88.6 cm³/mol. The summed E-state index contributed by atoms with van der Waals surface area (Å²) in [6, 6.07) is 0. The minimum Gasteiger partial charge on any atom is -0.356 e. The van der Waals surface area contributed by atoms with Crippen LogP contribution in [-0.4, -0.2) is 63.7 Å². The van der Waals surface area contributed by atoms with E-state index in [-0.39, 0.29) is 100 Å². The van der Waals surface area contributed by atoms with E-state index in [1.807, 2.05) is 0 Å². The van der Waals surface area contributed by atoms with Crippen LogP contribution in [0, 0.1) is 200 Å². The summed E-state index contributed by atoms with van der Waals surface area (Å²) in [5.41, 5.74) is 0. The van der Waals surface area contributed by atoms with Gasteiger partial charge in [-0.15, -0.1) is 0 Å². The number of rotatable bonds is 0. The first-order valence-corrected chi connectivity index (χ1v) is 4.38. The minimum absolute atomic E-state index is 0. The summed E-state index contributed by atoms with van der Waals surface area (Å²) in [6.07, 6.45) is 0. The molecule has 0 saturated carbocycles. The van der Waals surface area contributed by atoms with Gasteiger partial charge in [0.2, 0.25) is 0 Å². The van der Waals surface area contributed by atoms with E-state index in [1.54, 1.807) is 0 Å². The average molecular weight is 799 g/mol. The maximum atomic E-state index is 8.25. The van der Waals surface area contributed by atoms with Gasteiger partial charge >= 0.3 is 100 Å². The Kier molecular flexibility index (Phi) is 126. The second-order valence-electron chi connectivity index (χ2n) is 1.79. The van der Waals surface area contributed by atoms with Crippen LogP contribution in [0.3, 0.4) is 0 Å². The summed E-state index contributed by atoms with van der Waals surface area (Å²) in [4.78, 5) is 66.0. The first-order valence-electron chi connectivity index (χ1n) is 4.38. The molecule has 0 rings (SSSR count). The Morgan fingerprint density at radius 3 is 0.257 bits per heavy atom. The van der Waals surface area contributed by atoms with Crippen LogP contribution in [0.1, 0.15) is 0 Å². The van der Waals surface area contributed by atoms with Gasteiger partial charge in [0, 0.05) is 0 Å². The van der Waals surface area contributed by atoms with Crippen LogP contribution in [0.4, 0.5) is 0 Å². The van der Waals surface area contributed by atoms with Gasteiger partial charge in [0.15, 0.2) is 0 Å². The van der Waals surface area contributed by atoms with Crippen molar-refractivity contribution < 1.29 is 118 Å². The fourth-order valence-corrected chi connectivity index (χ4v) is 0. The molecule has 1 radical (unpaired) electrons. The van der Waals surface area contributed by atoms with Crippen LogP contribution in [0.2, 0.25) is 0 Å². The molecule has 35 heteroatoms. The van der Waals surface area contributed by atoms with Crippen molar-refractivity contribution in [3.8, 4) is 0 Å². The zero-order valence-corrected chi connectivity index (χ0v) is 23.3. The van der Waals surface area contributed by atoms with E-state index in [2.05, 4.69) is 0 Å². The first kappa shape index (κ1) is 69.7. The van der Waals surface area contributed by atoms with Gasteiger partial charge in [0.05, 0.1) is 40.7 Å². The molecule has 0 bridgehead atoms. The molecule has 0 fully saturated rings. The standard InChI is InChI=1S/Ce.La.Mg.8NO3/c;;;8*2-1(3)4/q2*+3;+2;8*-1. The Labute approximate surface area is 261 Å². The second-order valence-corrected chi connectivity index (χ2v) is 1.79. The third-order valence-electron chi connectivity index (χ3n) is 0. The van der Waals surface area contributed by atoms with Crippen molar-refractivity contribution in [1.82, 2.24) is 0 Å². The molecule has 0 atom stereocenters. The van der Waals surface area contributed by atoms with Crippen molar-refractivity contribution in [2.24, 2.45) is 0 Å². The molecule has 0 saturated heterocycles. The second kappa shape index (κ2) is 63.3. The van der Waals surface area contributed by atoms with Crippen molar-refractivity contribution in [3.05, 3.63) is 123 Å². The van der Waals surface area contributed by atoms with Crippen molar-refractivity contribution in [2.75, 3.05) is 0 Å². The van der Waals surface area contributed by atoms with E-state index in [0.29, 0.717) is 0 Å². The zero-order chi connectivity index (χ0) is 28.6. The van der Waals surface area contributed by atoms with Gasteiger partial charge in [-0.2, -0.15) is 0 Å². The molecule has 0 spiro atoms. The summed E-state index contributed by atoms with van der Waals surface area (Å²) in [6.45, 7) is 0. The third-order valence-corrected chi connectivity index (χ3v) is 0. The van der Waals surface area contributed by atoms with Gasteiger partial charge in [-0.3, -0.25) is 0 Å². The molecule has 0 aliphatic carbocycles. The summed E-state index contributed by atoms with van der Waals surface area (Å²) in [5, 5.41) is 118. The van der Waals surface area contributed by atoms with Crippen LogP contribution in [0.15, 0.2) is 0 Å². The molecule has 193 valence electrons. The van der Waals surface area contributed by atoms with Gasteiger partial charge in [0.1, 0.15) is 0 Å². The van der Waals surface area contributed by atoms with E-state index in [4.69, 9.17) is 123 Å². The molecule has 0 amide bonds. The number of hydrogen-bond donors (Lipinski definition) is 0. The Hall–Kier alpha value is -3.06. The number of hydrogen-bond acceptors (Lipinski definition) is 24. The molecular formula is CeLaMgN8O24. The Balaban J connectivity index is -0.0000000206. The SMILES string of the molecule is O=[N+]([O-])[O-].O=[N+]([O-])[O-].O=[N+]([O-])[O-].O=[N+]([O-])[O-].O=[N+]([O-])[O-].O=[N+]([O-])[O-].O=[N+]([O-])[O-].O=[N+]([O-])[O-].[Ce+3].[La+3].[Mg+2]. The molecule has 32 nitrogen and oxygen atoms in total. The predicted octanol–water partition coefficient (Wildman–Crippen LogP) is -2.29. The molecule has 0 N–H and O–H groups in total. The molecule has 0 aromatic carbocycles. The van der Waals surface area contributed by atoms with E-state index >= 15 is 0 Å². The molecular weight excluding hydrogens is 799 g/mol. The van der Waals surface area contributed by atoms with Crippen LogP contribution < -0.4 is 0 Å². The molecule has 0 aliphatic heterocycles. The van der Waals surface area contributed by atoms with E-state index in [1.165, 1.54) is 0 Å². The largest absolute Gasteiger partial charge is 3.00 e. The van der Waals surface area contributed by atoms with Crippen LogP contribution >= 0.6 is 0 Å². The van der Waals surface area contributed by atoms with Crippen molar-refractivity contribution in [2.45, 2.75) is 0 Å². The third kappa shape index (κ3) is 2760. The molecule has 0 unspecified atom stereocenters. The molecule has 0 aromatic rings. The van der Waals surface area contributed by atoms with Gasteiger partial charge in [-0.1, -0.05) is 0 Å². The molecule has 35 heavy (non-hydrogen) atoms. The summed E-state index contributed by atoms with van der Waals surface area (Å²) in [5.74, 6) is 0.